The first-order valence-corrected chi connectivity index (χ1v) is 15.5. The van der Waals surface area contributed by atoms with Crippen molar-refractivity contribution in [3.05, 3.63) is 118 Å². The highest BCUT2D eigenvalue weighted by atomic mass is 35.5. The van der Waals surface area contributed by atoms with Gasteiger partial charge in [0.1, 0.15) is 24.7 Å². The largest absolute Gasteiger partial charge is 0.490 e. The molecule has 1 saturated heterocycles. The number of hydrogen-bond acceptors (Lipinski definition) is 7. The molecule has 0 aliphatic carbocycles. The Morgan fingerprint density at radius 2 is 1.30 bits per heavy atom. The van der Waals surface area contributed by atoms with Crippen molar-refractivity contribution in [2.75, 3.05) is 26.4 Å². The molecule has 0 unspecified atom stereocenters. The van der Waals surface area contributed by atoms with Crippen molar-refractivity contribution in [1.82, 2.24) is 20.6 Å². The van der Waals surface area contributed by atoms with E-state index in [4.69, 9.17) is 37.4 Å². The summed E-state index contributed by atoms with van der Waals surface area (Å²) in [5, 5.41) is 7.96. The third-order valence-electron chi connectivity index (χ3n) is 7.31. The molecule has 0 bridgehead atoms. The van der Waals surface area contributed by atoms with Gasteiger partial charge in [0, 0.05) is 53.8 Å². The Morgan fingerprint density at radius 1 is 0.727 bits per heavy atom. The second kappa shape index (κ2) is 16.4. The summed E-state index contributed by atoms with van der Waals surface area (Å²) in [5.74, 6) is 1.29. The van der Waals surface area contributed by atoms with Crippen LogP contribution in [0, 0.1) is 0 Å². The van der Waals surface area contributed by atoms with Crippen LogP contribution in [0.1, 0.15) is 39.9 Å². The van der Waals surface area contributed by atoms with Crippen LogP contribution in [0.15, 0.2) is 85.5 Å². The summed E-state index contributed by atoms with van der Waals surface area (Å²) in [6, 6.07) is 19.4. The third-order valence-corrected chi connectivity index (χ3v) is 7.82. The molecule has 8 nitrogen and oxygen atoms in total. The van der Waals surface area contributed by atoms with E-state index in [0.29, 0.717) is 42.0 Å². The van der Waals surface area contributed by atoms with Gasteiger partial charge in [-0.1, -0.05) is 47.5 Å². The van der Waals surface area contributed by atoms with Crippen LogP contribution in [0.25, 0.3) is 0 Å². The first kappa shape index (κ1) is 31.7. The third kappa shape index (κ3) is 9.66. The van der Waals surface area contributed by atoms with Crippen LogP contribution in [-0.2, 0) is 24.1 Å². The number of hydrogen-bond donors (Lipinski definition) is 2. The van der Waals surface area contributed by atoms with E-state index in [2.05, 4.69) is 32.7 Å². The fraction of sp³-hybridized carbons (Fsp3) is 0.324. The summed E-state index contributed by atoms with van der Waals surface area (Å²) in [5.41, 5.74) is 4.05. The van der Waals surface area contributed by atoms with Crippen LogP contribution in [0.5, 0.6) is 11.5 Å². The van der Waals surface area contributed by atoms with Crippen LogP contribution >= 0.6 is 23.2 Å². The number of pyridine rings is 2. The minimum atomic E-state index is -0.126. The highest BCUT2D eigenvalue weighted by Crippen LogP contribution is 2.22. The molecule has 1 amide bonds. The maximum absolute atomic E-state index is 12.1. The first-order valence-electron chi connectivity index (χ1n) is 14.8. The van der Waals surface area contributed by atoms with E-state index in [1.165, 1.54) is 18.4 Å². The zero-order chi connectivity index (χ0) is 30.6. The summed E-state index contributed by atoms with van der Waals surface area (Å²) in [6.45, 7) is 3.89. The summed E-state index contributed by atoms with van der Waals surface area (Å²) in [6.07, 6.45) is 10.9. The van der Waals surface area contributed by atoms with E-state index < -0.39 is 0 Å². The van der Waals surface area contributed by atoms with Crippen LogP contribution < -0.4 is 20.1 Å². The van der Waals surface area contributed by atoms with Crippen molar-refractivity contribution in [2.45, 2.75) is 44.3 Å². The second-order valence-corrected chi connectivity index (χ2v) is 11.6. The molecule has 2 aromatic heterocycles. The van der Waals surface area contributed by atoms with Gasteiger partial charge in [0.05, 0.1) is 24.0 Å². The van der Waals surface area contributed by atoms with Crippen LogP contribution in [-0.4, -0.2) is 54.4 Å². The SMILES string of the molecule is C1CCOC1.Clc1ccc(C[C@H]2COc3cnccc3CN2)cc1.O=C1N[C@@H](Cc2ccc(Cl)cc2)COc2cnccc21. The Morgan fingerprint density at radius 3 is 1.93 bits per heavy atom. The Labute approximate surface area is 268 Å². The fourth-order valence-electron chi connectivity index (χ4n) is 4.93. The van der Waals surface area contributed by atoms with Crippen molar-refractivity contribution in [1.29, 1.82) is 0 Å². The molecule has 0 spiro atoms. The Bertz CT molecular complexity index is 1450. The molecule has 2 atom stereocenters. The quantitative estimate of drug-likeness (QED) is 0.280. The van der Waals surface area contributed by atoms with Gasteiger partial charge in [-0.25, -0.2) is 0 Å². The molecular weight excluding hydrogens is 599 g/mol. The molecule has 1 fully saturated rings. The van der Waals surface area contributed by atoms with E-state index in [0.717, 1.165) is 48.1 Å². The Kier molecular flexibility index (Phi) is 11.8. The number of nitrogens with one attached hydrogen (secondary N) is 2. The van der Waals surface area contributed by atoms with Gasteiger partial charge in [-0.3, -0.25) is 14.8 Å². The smallest absolute Gasteiger partial charge is 0.255 e. The number of ether oxygens (including phenoxy) is 3. The van der Waals surface area contributed by atoms with Crippen molar-refractivity contribution in [3.63, 3.8) is 0 Å². The topological polar surface area (TPSA) is 94.6 Å². The molecule has 0 radical (unpaired) electrons. The number of carbonyl (C=O) groups is 1. The number of aromatic nitrogens is 2. The molecular formula is C34H36Cl2N4O4. The monoisotopic (exact) mass is 634 g/mol. The number of benzene rings is 2. The van der Waals surface area contributed by atoms with E-state index in [-0.39, 0.29) is 11.9 Å². The number of rotatable bonds is 4. The van der Waals surface area contributed by atoms with Crippen molar-refractivity contribution < 1.29 is 19.0 Å². The number of amides is 1. The number of carbonyl (C=O) groups excluding carboxylic acids is 1. The lowest BCUT2D eigenvalue weighted by atomic mass is 10.1. The summed E-state index contributed by atoms with van der Waals surface area (Å²) < 4.78 is 16.4. The van der Waals surface area contributed by atoms with E-state index in [9.17, 15) is 4.79 Å². The lowest BCUT2D eigenvalue weighted by molar-refractivity contribution is 0.0938. The molecule has 3 aliphatic rings. The van der Waals surface area contributed by atoms with Gasteiger partial charge >= 0.3 is 0 Å². The highest BCUT2D eigenvalue weighted by molar-refractivity contribution is 6.30. The van der Waals surface area contributed by atoms with Gasteiger partial charge in [0.2, 0.25) is 0 Å². The second-order valence-electron chi connectivity index (χ2n) is 10.7. The lowest BCUT2D eigenvalue weighted by Gasteiger charge is -2.15. The Balaban J connectivity index is 0.000000151. The lowest BCUT2D eigenvalue weighted by Crippen LogP contribution is -2.38. The normalized spacial score (nSPS) is 18.6. The zero-order valence-electron chi connectivity index (χ0n) is 24.4. The van der Waals surface area contributed by atoms with Gasteiger partial charge in [-0.05, 0) is 73.2 Å². The minimum absolute atomic E-state index is 0.0731. The molecule has 2 aromatic carbocycles. The highest BCUT2D eigenvalue weighted by Gasteiger charge is 2.23. The van der Waals surface area contributed by atoms with Crippen molar-refractivity contribution in [3.8, 4) is 11.5 Å². The van der Waals surface area contributed by atoms with E-state index in [1.807, 2.05) is 42.5 Å². The van der Waals surface area contributed by atoms with Gasteiger partial charge in [-0.2, -0.15) is 0 Å². The van der Waals surface area contributed by atoms with Crippen LogP contribution in [0.3, 0.4) is 0 Å². The average molecular weight is 636 g/mol. The van der Waals surface area contributed by atoms with Crippen LogP contribution in [0.4, 0.5) is 0 Å². The maximum Gasteiger partial charge on any atom is 0.255 e. The fourth-order valence-corrected chi connectivity index (χ4v) is 5.18. The maximum atomic E-state index is 12.1. The summed E-state index contributed by atoms with van der Waals surface area (Å²) in [7, 11) is 0. The predicted octanol–water partition coefficient (Wildman–Crippen LogP) is 6.09. The van der Waals surface area contributed by atoms with Crippen LogP contribution in [0.2, 0.25) is 10.0 Å². The van der Waals surface area contributed by atoms with Gasteiger partial charge in [-0.15, -0.1) is 0 Å². The number of nitrogens with zero attached hydrogens (tertiary/aromatic N) is 2. The average Bonchev–Trinajstić information content (AvgIpc) is 3.53. The molecule has 5 heterocycles. The van der Waals surface area contributed by atoms with Gasteiger partial charge < -0.3 is 24.8 Å². The molecule has 0 saturated carbocycles. The number of halogens is 2. The molecule has 2 N–H and O–H groups in total. The summed E-state index contributed by atoms with van der Waals surface area (Å²) in [4.78, 5) is 20.2. The number of fused-ring (bicyclic) bond motifs is 2. The van der Waals surface area contributed by atoms with E-state index >= 15 is 0 Å². The van der Waals surface area contributed by atoms with E-state index in [1.54, 1.807) is 30.9 Å². The van der Waals surface area contributed by atoms with Gasteiger partial charge in [0.15, 0.2) is 0 Å². The Hall–Kier alpha value is -3.69. The minimum Gasteiger partial charge on any atom is -0.490 e. The summed E-state index contributed by atoms with van der Waals surface area (Å²) >= 11 is 11.8. The standard InChI is InChI=1S/C15H13ClN2O2.C15H15ClN2O.C4H8O/c16-11-3-1-10(2-4-11)7-12-9-20-14-8-17-6-5-13(14)15(19)18-12;16-13-3-1-11(2-4-13)7-14-10-19-15-9-17-6-5-12(15)8-18-14;1-2-4-5-3-1/h1-6,8,12H,7,9H2,(H,18,19);1-6,9,14,18H,7-8,10H2;1-4H2/t12-;14-;/m00./s1. The zero-order valence-corrected chi connectivity index (χ0v) is 25.9. The molecule has 10 heteroatoms. The molecule has 44 heavy (non-hydrogen) atoms. The van der Waals surface area contributed by atoms with Crippen molar-refractivity contribution in [2.24, 2.45) is 0 Å². The predicted molar refractivity (Wildman–Crippen MR) is 172 cm³/mol. The molecule has 230 valence electrons. The van der Waals surface area contributed by atoms with Crippen molar-refractivity contribution >= 4 is 29.1 Å². The molecule has 3 aliphatic heterocycles. The molecule has 4 aromatic rings. The van der Waals surface area contributed by atoms with Gasteiger partial charge in [0.25, 0.3) is 5.91 Å². The molecule has 7 rings (SSSR count). The first-order chi connectivity index (χ1) is 21.5.